The number of ether oxygens (including phenoxy) is 3. The molecule has 188 valence electrons. The lowest BCUT2D eigenvalue weighted by Crippen LogP contribution is -2.46. The summed E-state index contributed by atoms with van der Waals surface area (Å²) < 4.78 is 45.7. The number of rotatable bonds is 8. The third-order valence-electron chi connectivity index (χ3n) is 6.25. The maximum Gasteiger partial charge on any atom is 0.329 e. The van der Waals surface area contributed by atoms with E-state index in [0.717, 1.165) is 29.7 Å². The van der Waals surface area contributed by atoms with Crippen LogP contribution in [0.2, 0.25) is 0 Å². The van der Waals surface area contributed by atoms with Gasteiger partial charge in [-0.05, 0) is 31.7 Å². The van der Waals surface area contributed by atoms with Gasteiger partial charge < -0.3 is 24.5 Å². The number of aromatic amines is 1. The zero-order valence-electron chi connectivity index (χ0n) is 20.2. The SMILES string of the molecule is C=Nc1[nH]c(CN[C@@H]2CCOC2)cc1C1=C(C)CN(c2c(F)c(OC)cc(OC)c2F)C(=O)N1C. The fourth-order valence-corrected chi connectivity index (χ4v) is 4.49. The first-order valence-electron chi connectivity index (χ1n) is 11.2. The Hall–Kier alpha value is -3.44. The van der Waals surface area contributed by atoms with Gasteiger partial charge in [-0.2, -0.15) is 0 Å². The molecule has 2 N–H and O–H groups in total. The van der Waals surface area contributed by atoms with Gasteiger partial charge in [-0.1, -0.05) is 0 Å². The van der Waals surface area contributed by atoms with Gasteiger partial charge in [0.25, 0.3) is 0 Å². The first-order valence-corrected chi connectivity index (χ1v) is 11.2. The molecule has 2 aromatic rings. The van der Waals surface area contributed by atoms with Crippen LogP contribution in [0, 0.1) is 11.6 Å². The van der Waals surface area contributed by atoms with E-state index in [2.05, 4.69) is 22.0 Å². The minimum atomic E-state index is -0.983. The number of methoxy groups -OCH3 is 2. The van der Waals surface area contributed by atoms with Crippen LogP contribution in [0.15, 0.2) is 22.7 Å². The Kier molecular flexibility index (Phi) is 7.08. The highest BCUT2D eigenvalue weighted by Gasteiger charge is 2.36. The first kappa shape index (κ1) is 24.7. The molecule has 1 saturated heterocycles. The molecule has 0 radical (unpaired) electrons. The van der Waals surface area contributed by atoms with Crippen molar-refractivity contribution in [2.45, 2.75) is 25.9 Å². The zero-order valence-corrected chi connectivity index (χ0v) is 20.2. The highest BCUT2D eigenvalue weighted by atomic mass is 19.1. The van der Waals surface area contributed by atoms with E-state index in [0.29, 0.717) is 35.8 Å². The van der Waals surface area contributed by atoms with Crippen molar-refractivity contribution in [2.75, 3.05) is 45.9 Å². The fraction of sp³-hybridized carbons (Fsp3) is 0.417. The number of carbonyl (C=O) groups excluding carboxylic acids is 1. The number of carbonyl (C=O) groups is 1. The van der Waals surface area contributed by atoms with E-state index in [-0.39, 0.29) is 24.1 Å². The standard InChI is InChI=1S/C24H29F2N5O4/c1-13-11-31(22-19(25)17(33-4)9-18(34-5)20(22)26)24(32)30(3)21(13)16-8-15(29-23(16)27-2)10-28-14-6-7-35-12-14/h8-9,14,28-29H,2,6-7,10-12H2,1,3-5H3/t14-/m1/s1. The number of amides is 2. The summed E-state index contributed by atoms with van der Waals surface area (Å²) in [5.74, 6) is -1.91. The summed E-state index contributed by atoms with van der Waals surface area (Å²) in [6.45, 7) is 7.37. The number of hydrogen-bond donors (Lipinski definition) is 2. The van der Waals surface area contributed by atoms with Gasteiger partial charge in [0, 0.05) is 43.6 Å². The van der Waals surface area contributed by atoms with Crippen LogP contribution in [-0.4, -0.2) is 69.7 Å². The Morgan fingerprint density at radius 2 is 1.94 bits per heavy atom. The van der Waals surface area contributed by atoms with Crippen LogP contribution in [0.25, 0.3) is 5.70 Å². The number of benzene rings is 1. The molecule has 0 spiro atoms. The molecule has 11 heteroatoms. The molecule has 2 aliphatic rings. The monoisotopic (exact) mass is 489 g/mol. The molecule has 4 rings (SSSR count). The number of aliphatic imine (C=N–C) groups is 1. The number of urea groups is 1. The molecule has 3 heterocycles. The third-order valence-corrected chi connectivity index (χ3v) is 6.25. The molecular formula is C24H29F2N5O4. The summed E-state index contributed by atoms with van der Waals surface area (Å²) in [4.78, 5) is 23.1. The van der Waals surface area contributed by atoms with Gasteiger partial charge in [-0.3, -0.25) is 9.80 Å². The molecule has 1 aromatic carbocycles. The first-order chi connectivity index (χ1) is 16.8. The molecule has 1 aromatic heterocycles. The van der Waals surface area contributed by atoms with Gasteiger partial charge in [0.05, 0.1) is 33.1 Å². The Morgan fingerprint density at radius 3 is 2.51 bits per heavy atom. The van der Waals surface area contributed by atoms with Crippen LogP contribution in [0.5, 0.6) is 11.5 Å². The van der Waals surface area contributed by atoms with Crippen molar-refractivity contribution in [3.63, 3.8) is 0 Å². The lowest BCUT2D eigenvalue weighted by atomic mass is 10.0. The van der Waals surface area contributed by atoms with E-state index in [1.165, 1.54) is 19.1 Å². The number of nitrogens with one attached hydrogen (secondary N) is 2. The van der Waals surface area contributed by atoms with Gasteiger partial charge in [0.1, 0.15) is 11.5 Å². The summed E-state index contributed by atoms with van der Waals surface area (Å²) in [5.41, 5.74) is 2.32. The Bertz CT molecular complexity index is 1140. The van der Waals surface area contributed by atoms with Crippen molar-refractivity contribution in [2.24, 2.45) is 4.99 Å². The number of H-pyrrole nitrogens is 1. The highest BCUT2D eigenvalue weighted by molar-refractivity contribution is 6.02. The van der Waals surface area contributed by atoms with E-state index in [9.17, 15) is 4.79 Å². The third kappa shape index (κ3) is 4.48. The fourth-order valence-electron chi connectivity index (χ4n) is 4.49. The molecule has 1 atom stereocenters. The van der Waals surface area contributed by atoms with Crippen LogP contribution in [0.4, 0.5) is 25.1 Å². The zero-order chi connectivity index (χ0) is 25.3. The Morgan fingerprint density at radius 1 is 1.26 bits per heavy atom. The average molecular weight is 490 g/mol. The van der Waals surface area contributed by atoms with Crippen molar-refractivity contribution >= 4 is 30.0 Å². The van der Waals surface area contributed by atoms with Gasteiger partial charge in [0.15, 0.2) is 23.1 Å². The van der Waals surface area contributed by atoms with Crippen LogP contribution in [0.3, 0.4) is 0 Å². The molecular weight excluding hydrogens is 460 g/mol. The second-order valence-electron chi connectivity index (χ2n) is 8.47. The number of halogens is 2. The largest absolute Gasteiger partial charge is 0.493 e. The van der Waals surface area contributed by atoms with Crippen LogP contribution >= 0.6 is 0 Å². The van der Waals surface area contributed by atoms with Crippen molar-refractivity contribution in [3.8, 4) is 11.5 Å². The smallest absolute Gasteiger partial charge is 0.329 e. The van der Waals surface area contributed by atoms with Crippen molar-refractivity contribution in [1.29, 1.82) is 0 Å². The second-order valence-corrected chi connectivity index (χ2v) is 8.47. The molecule has 2 aliphatic heterocycles. The maximum atomic E-state index is 15.1. The molecule has 0 bridgehead atoms. The average Bonchev–Trinajstić information content (AvgIpc) is 3.51. The van der Waals surface area contributed by atoms with Crippen LogP contribution in [-0.2, 0) is 11.3 Å². The summed E-state index contributed by atoms with van der Waals surface area (Å²) >= 11 is 0. The van der Waals surface area contributed by atoms with Crippen molar-refractivity contribution in [1.82, 2.24) is 15.2 Å². The van der Waals surface area contributed by atoms with E-state index in [1.54, 1.807) is 14.0 Å². The van der Waals surface area contributed by atoms with E-state index in [4.69, 9.17) is 14.2 Å². The number of anilines is 1. The molecule has 35 heavy (non-hydrogen) atoms. The van der Waals surface area contributed by atoms with Crippen LogP contribution in [0.1, 0.15) is 24.6 Å². The van der Waals surface area contributed by atoms with Gasteiger partial charge in [-0.15, -0.1) is 0 Å². The molecule has 0 aliphatic carbocycles. The van der Waals surface area contributed by atoms with E-state index >= 15 is 8.78 Å². The summed E-state index contributed by atoms with van der Waals surface area (Å²) in [6, 6.07) is 2.67. The van der Waals surface area contributed by atoms with Crippen molar-refractivity contribution in [3.05, 3.63) is 40.6 Å². The minimum absolute atomic E-state index is 0.0442. The van der Waals surface area contributed by atoms with E-state index in [1.807, 2.05) is 6.07 Å². The van der Waals surface area contributed by atoms with Crippen molar-refractivity contribution < 1.29 is 27.8 Å². The topological polar surface area (TPSA) is 91.4 Å². The lowest BCUT2D eigenvalue weighted by Gasteiger charge is -2.36. The molecule has 0 saturated carbocycles. The lowest BCUT2D eigenvalue weighted by molar-refractivity contribution is 0.189. The van der Waals surface area contributed by atoms with Gasteiger partial charge in [0.2, 0.25) is 0 Å². The molecule has 1 fully saturated rings. The van der Waals surface area contributed by atoms with Gasteiger partial charge in [-0.25, -0.2) is 18.6 Å². The Balaban J connectivity index is 1.69. The molecule has 0 unspecified atom stereocenters. The minimum Gasteiger partial charge on any atom is -0.493 e. The molecule has 2 amide bonds. The molecule has 9 nitrogen and oxygen atoms in total. The van der Waals surface area contributed by atoms with Crippen LogP contribution < -0.4 is 19.7 Å². The number of aromatic nitrogens is 1. The normalized spacial score (nSPS) is 18.5. The van der Waals surface area contributed by atoms with E-state index < -0.39 is 23.4 Å². The Labute approximate surface area is 202 Å². The summed E-state index contributed by atoms with van der Waals surface area (Å²) in [6.07, 6.45) is 0.944. The number of nitrogens with zero attached hydrogens (tertiary/aromatic N) is 3. The van der Waals surface area contributed by atoms with Gasteiger partial charge >= 0.3 is 6.03 Å². The number of hydrogen-bond acceptors (Lipinski definition) is 6. The predicted octanol–water partition coefficient (Wildman–Crippen LogP) is 3.82. The predicted molar refractivity (Wildman–Crippen MR) is 129 cm³/mol. The highest BCUT2D eigenvalue weighted by Crippen LogP contribution is 2.41. The quantitative estimate of drug-likeness (QED) is 0.550. The summed E-state index contributed by atoms with van der Waals surface area (Å²) in [5, 5.41) is 3.43. The summed E-state index contributed by atoms with van der Waals surface area (Å²) in [7, 11) is 4.07. The maximum absolute atomic E-state index is 15.1. The second kappa shape index (κ2) is 10.0.